The fourth-order valence-corrected chi connectivity index (χ4v) is 4.08. The van der Waals surface area contributed by atoms with Gasteiger partial charge in [-0.3, -0.25) is 4.79 Å². The zero-order chi connectivity index (χ0) is 26.2. The number of carbonyl (C=O) groups excluding carboxylic acids is 2. The van der Waals surface area contributed by atoms with E-state index in [0.29, 0.717) is 12.5 Å². The number of carbonyl (C=O) groups is 2. The molecule has 3 heterocycles. The third kappa shape index (κ3) is 6.44. The summed E-state index contributed by atoms with van der Waals surface area (Å²) in [5.74, 6) is 0.440. The van der Waals surface area contributed by atoms with Crippen LogP contribution in [-0.2, 0) is 18.8 Å². The number of nitrogens with zero attached hydrogens (tertiary/aromatic N) is 4. The van der Waals surface area contributed by atoms with Crippen molar-refractivity contribution >= 4 is 30.5 Å². The Hall–Kier alpha value is -2.40. The van der Waals surface area contributed by atoms with Gasteiger partial charge in [0.1, 0.15) is 11.6 Å². The average Bonchev–Trinajstić information content (AvgIpc) is 2.98. The molecule has 3 rings (SSSR count). The molecule has 2 atom stereocenters. The van der Waals surface area contributed by atoms with Gasteiger partial charge in [-0.1, -0.05) is 0 Å². The van der Waals surface area contributed by atoms with Crippen molar-refractivity contribution in [1.82, 2.24) is 20.2 Å². The van der Waals surface area contributed by atoms with Gasteiger partial charge in [-0.05, 0) is 68.2 Å². The van der Waals surface area contributed by atoms with Crippen molar-refractivity contribution < 1.29 is 23.6 Å². The summed E-state index contributed by atoms with van der Waals surface area (Å²) >= 11 is 0. The van der Waals surface area contributed by atoms with Gasteiger partial charge in [0, 0.05) is 44.0 Å². The molecule has 0 bridgehead atoms. The third-order valence-corrected chi connectivity index (χ3v) is 6.86. The van der Waals surface area contributed by atoms with E-state index >= 15 is 0 Å². The van der Waals surface area contributed by atoms with E-state index in [2.05, 4.69) is 20.2 Å². The second-order valence-electron chi connectivity index (χ2n) is 11.5. The summed E-state index contributed by atoms with van der Waals surface area (Å²) in [6.07, 6.45) is 4.65. The molecule has 194 valence electrons. The van der Waals surface area contributed by atoms with Crippen molar-refractivity contribution in [3.05, 3.63) is 12.4 Å². The van der Waals surface area contributed by atoms with Crippen LogP contribution in [0.15, 0.2) is 12.4 Å². The Kier molecular flexibility index (Phi) is 7.71. The Balaban J connectivity index is 1.59. The molecule has 0 spiro atoms. The topological polar surface area (TPSA) is 106 Å². The van der Waals surface area contributed by atoms with Crippen molar-refractivity contribution in [2.24, 2.45) is 0 Å². The summed E-state index contributed by atoms with van der Waals surface area (Å²) in [6, 6.07) is -0.716. The van der Waals surface area contributed by atoms with E-state index < -0.39 is 36.1 Å². The standard InChI is InChI=1S/C24H40BN5O5/c1-16(28-21(32)33-22(2,3)4)19(31)29(9)18-11-10-12-30(15-18)20-26-13-17(14-27-20)25-34-23(5,6)24(7,8)35-25/h13-14,16,18H,10-12,15H2,1-9H3,(H,28,32)/t16-,18+/m1/s1. The summed E-state index contributed by atoms with van der Waals surface area (Å²) < 4.78 is 17.4. The number of ether oxygens (including phenoxy) is 1. The van der Waals surface area contributed by atoms with Gasteiger partial charge in [-0.25, -0.2) is 14.8 Å². The highest BCUT2D eigenvalue weighted by Gasteiger charge is 2.52. The number of hydrogen-bond acceptors (Lipinski definition) is 8. The first-order valence-corrected chi connectivity index (χ1v) is 12.3. The lowest BCUT2D eigenvalue weighted by Gasteiger charge is -2.38. The molecule has 0 saturated carbocycles. The van der Waals surface area contributed by atoms with Crippen LogP contribution in [0.5, 0.6) is 0 Å². The number of piperidine rings is 1. The molecular formula is C24H40BN5O5. The molecule has 1 N–H and O–H groups in total. The minimum absolute atomic E-state index is 0.0227. The number of likely N-dealkylation sites (N-methyl/N-ethyl adjacent to an activating group) is 1. The van der Waals surface area contributed by atoms with Crippen molar-refractivity contribution in [1.29, 1.82) is 0 Å². The first-order valence-electron chi connectivity index (χ1n) is 12.3. The van der Waals surface area contributed by atoms with Gasteiger partial charge in [-0.2, -0.15) is 0 Å². The Labute approximate surface area is 209 Å². The molecule has 35 heavy (non-hydrogen) atoms. The van der Waals surface area contributed by atoms with E-state index in [9.17, 15) is 9.59 Å². The number of hydrogen-bond donors (Lipinski definition) is 1. The lowest BCUT2D eigenvalue weighted by atomic mass is 9.81. The van der Waals surface area contributed by atoms with E-state index in [1.54, 1.807) is 52.0 Å². The fraction of sp³-hybridized carbons (Fsp3) is 0.750. The lowest BCUT2D eigenvalue weighted by molar-refractivity contribution is -0.134. The molecule has 2 aliphatic heterocycles. The number of amides is 2. The second kappa shape index (κ2) is 9.93. The SMILES string of the molecule is C[C@@H](NC(=O)OC(C)(C)C)C(=O)N(C)[C@H]1CCCN(c2ncc(B3OC(C)(C)C(C)(C)O3)cn2)C1. The molecule has 0 aliphatic carbocycles. The zero-order valence-corrected chi connectivity index (χ0v) is 22.5. The van der Waals surface area contributed by atoms with E-state index in [4.69, 9.17) is 14.0 Å². The molecule has 0 aromatic carbocycles. The van der Waals surface area contributed by atoms with Crippen LogP contribution >= 0.6 is 0 Å². The minimum Gasteiger partial charge on any atom is -0.444 e. The molecule has 1 aromatic heterocycles. The maximum Gasteiger partial charge on any atom is 0.498 e. The number of alkyl carbamates (subject to hydrolysis) is 1. The van der Waals surface area contributed by atoms with Gasteiger partial charge in [0.15, 0.2) is 0 Å². The molecule has 0 unspecified atom stereocenters. The maximum atomic E-state index is 13.0. The molecule has 2 saturated heterocycles. The number of aromatic nitrogens is 2. The van der Waals surface area contributed by atoms with Crippen LogP contribution in [0.3, 0.4) is 0 Å². The van der Waals surface area contributed by atoms with Crippen LogP contribution in [0.2, 0.25) is 0 Å². The molecular weight excluding hydrogens is 449 g/mol. The van der Waals surface area contributed by atoms with Crippen molar-refractivity contribution in [2.45, 2.75) is 97.1 Å². The fourth-order valence-electron chi connectivity index (χ4n) is 4.08. The van der Waals surface area contributed by atoms with E-state index in [1.807, 2.05) is 27.7 Å². The highest BCUT2D eigenvalue weighted by molar-refractivity contribution is 6.61. The summed E-state index contributed by atoms with van der Waals surface area (Å²) in [6.45, 7) is 16.5. The quantitative estimate of drug-likeness (QED) is 0.627. The van der Waals surface area contributed by atoms with Gasteiger partial charge < -0.3 is 29.2 Å². The highest BCUT2D eigenvalue weighted by Crippen LogP contribution is 2.36. The molecule has 11 heteroatoms. The van der Waals surface area contributed by atoms with E-state index in [1.165, 1.54) is 0 Å². The monoisotopic (exact) mass is 489 g/mol. The predicted octanol–water partition coefficient (Wildman–Crippen LogP) is 2.12. The van der Waals surface area contributed by atoms with Gasteiger partial charge in [-0.15, -0.1) is 0 Å². The Morgan fingerprint density at radius 3 is 2.31 bits per heavy atom. The number of rotatable bonds is 5. The van der Waals surface area contributed by atoms with Crippen LogP contribution in [-0.4, -0.2) is 83.0 Å². The lowest BCUT2D eigenvalue weighted by Crippen LogP contribution is -2.54. The molecule has 10 nitrogen and oxygen atoms in total. The number of nitrogens with one attached hydrogen (secondary N) is 1. The van der Waals surface area contributed by atoms with Crippen molar-refractivity contribution in [2.75, 3.05) is 25.0 Å². The average molecular weight is 489 g/mol. The van der Waals surface area contributed by atoms with Gasteiger partial charge in [0.05, 0.1) is 11.2 Å². The molecule has 2 fully saturated rings. The minimum atomic E-state index is -0.694. The summed E-state index contributed by atoms with van der Waals surface area (Å²) in [4.78, 5) is 37.9. The molecule has 2 amide bonds. The molecule has 0 radical (unpaired) electrons. The van der Waals surface area contributed by atoms with Gasteiger partial charge in [0.2, 0.25) is 11.9 Å². The maximum absolute atomic E-state index is 13.0. The third-order valence-electron chi connectivity index (χ3n) is 6.86. The normalized spacial score (nSPS) is 22.5. The molecule has 2 aliphatic rings. The van der Waals surface area contributed by atoms with Crippen LogP contribution in [0.1, 0.15) is 68.2 Å². The Morgan fingerprint density at radius 2 is 1.77 bits per heavy atom. The van der Waals surface area contributed by atoms with Crippen LogP contribution in [0.25, 0.3) is 0 Å². The van der Waals surface area contributed by atoms with Crippen LogP contribution < -0.4 is 15.7 Å². The van der Waals surface area contributed by atoms with Crippen LogP contribution in [0.4, 0.5) is 10.7 Å². The van der Waals surface area contributed by atoms with Gasteiger partial charge in [0.25, 0.3) is 0 Å². The largest absolute Gasteiger partial charge is 0.498 e. The van der Waals surface area contributed by atoms with Gasteiger partial charge >= 0.3 is 13.2 Å². The second-order valence-corrected chi connectivity index (χ2v) is 11.5. The number of anilines is 1. The highest BCUT2D eigenvalue weighted by atomic mass is 16.7. The molecule has 1 aromatic rings. The smallest absolute Gasteiger partial charge is 0.444 e. The van der Waals surface area contributed by atoms with Crippen molar-refractivity contribution in [3.63, 3.8) is 0 Å². The predicted molar refractivity (Wildman–Crippen MR) is 135 cm³/mol. The zero-order valence-electron chi connectivity index (χ0n) is 22.5. The first kappa shape index (κ1) is 27.2. The Bertz CT molecular complexity index is 902. The Morgan fingerprint density at radius 1 is 1.20 bits per heavy atom. The summed E-state index contributed by atoms with van der Waals surface area (Å²) in [7, 11) is 1.26. The van der Waals surface area contributed by atoms with E-state index in [0.717, 1.165) is 24.8 Å². The summed E-state index contributed by atoms with van der Waals surface area (Å²) in [5.41, 5.74) is -0.706. The van der Waals surface area contributed by atoms with E-state index in [-0.39, 0.29) is 11.9 Å². The van der Waals surface area contributed by atoms with Crippen LogP contribution in [0, 0.1) is 0 Å². The summed E-state index contributed by atoms with van der Waals surface area (Å²) in [5, 5.41) is 2.63. The van der Waals surface area contributed by atoms with Crippen molar-refractivity contribution in [3.8, 4) is 0 Å². The first-order chi connectivity index (χ1) is 16.1.